The average Bonchev–Trinajstić information content (AvgIpc) is 2.79. The Labute approximate surface area is 110 Å². The molecule has 0 saturated heterocycles. The summed E-state index contributed by atoms with van der Waals surface area (Å²) in [6, 6.07) is 0. The van der Waals surface area contributed by atoms with Crippen LogP contribution in [-0.2, 0) is 5.54 Å². The minimum Gasteiger partial charge on any atom is -0.337 e. The van der Waals surface area contributed by atoms with Gasteiger partial charge in [0.1, 0.15) is 0 Å². The predicted octanol–water partition coefficient (Wildman–Crippen LogP) is 3.21. The first-order chi connectivity index (χ1) is 8.34. The van der Waals surface area contributed by atoms with Crippen LogP contribution in [0, 0.1) is 5.41 Å². The molecule has 0 atom stereocenters. The van der Waals surface area contributed by atoms with Gasteiger partial charge in [-0.25, -0.2) is 0 Å². The van der Waals surface area contributed by atoms with E-state index in [2.05, 4.69) is 29.3 Å². The normalized spacial score (nSPS) is 21.2. The Hall–Kier alpha value is -0.900. The zero-order valence-electron chi connectivity index (χ0n) is 12.2. The van der Waals surface area contributed by atoms with Crippen molar-refractivity contribution in [1.29, 1.82) is 0 Å². The highest BCUT2D eigenvalue weighted by molar-refractivity contribution is 5.03. The molecule has 4 nitrogen and oxygen atoms in total. The molecule has 2 rings (SSSR count). The number of hydrogen-bond donors (Lipinski definition) is 1. The fourth-order valence-electron chi connectivity index (χ4n) is 2.42. The van der Waals surface area contributed by atoms with Crippen LogP contribution >= 0.6 is 0 Å². The smallest absolute Gasteiger partial charge is 0.246 e. The van der Waals surface area contributed by atoms with E-state index >= 15 is 0 Å². The molecule has 0 amide bonds. The van der Waals surface area contributed by atoms with Gasteiger partial charge in [0.2, 0.25) is 5.89 Å². The van der Waals surface area contributed by atoms with Crippen LogP contribution in [-0.4, -0.2) is 17.2 Å². The van der Waals surface area contributed by atoms with E-state index < -0.39 is 0 Å². The van der Waals surface area contributed by atoms with Crippen LogP contribution in [0.5, 0.6) is 0 Å². The molecule has 0 radical (unpaired) electrons. The topological polar surface area (TPSA) is 51.0 Å². The van der Waals surface area contributed by atoms with E-state index in [1.807, 2.05) is 20.9 Å². The summed E-state index contributed by atoms with van der Waals surface area (Å²) in [6.45, 7) is 8.78. The molecule has 1 aromatic heterocycles. The van der Waals surface area contributed by atoms with E-state index in [4.69, 9.17) is 4.52 Å². The second kappa shape index (κ2) is 4.65. The van der Waals surface area contributed by atoms with Gasteiger partial charge in [-0.2, -0.15) is 4.98 Å². The Morgan fingerprint density at radius 2 is 1.89 bits per heavy atom. The van der Waals surface area contributed by atoms with Crippen LogP contribution in [0.25, 0.3) is 0 Å². The van der Waals surface area contributed by atoms with Gasteiger partial charge in [-0.05, 0) is 52.0 Å². The first-order valence-corrected chi connectivity index (χ1v) is 6.87. The highest BCUT2D eigenvalue weighted by Crippen LogP contribution is 2.41. The molecule has 1 aliphatic carbocycles. The fourth-order valence-corrected chi connectivity index (χ4v) is 2.42. The van der Waals surface area contributed by atoms with Gasteiger partial charge in [-0.3, -0.25) is 0 Å². The van der Waals surface area contributed by atoms with Crippen LogP contribution in [0.15, 0.2) is 4.52 Å². The van der Waals surface area contributed by atoms with Crippen LogP contribution < -0.4 is 5.32 Å². The maximum atomic E-state index is 5.40. The van der Waals surface area contributed by atoms with Gasteiger partial charge in [0.25, 0.3) is 0 Å². The Balaban J connectivity index is 2.08. The lowest BCUT2D eigenvalue weighted by Crippen LogP contribution is -2.33. The first-order valence-electron chi connectivity index (χ1n) is 6.87. The van der Waals surface area contributed by atoms with E-state index in [1.54, 1.807) is 0 Å². The summed E-state index contributed by atoms with van der Waals surface area (Å²) < 4.78 is 5.40. The van der Waals surface area contributed by atoms with Crippen molar-refractivity contribution in [3.05, 3.63) is 11.7 Å². The number of aromatic nitrogens is 2. The molecule has 0 unspecified atom stereocenters. The molecule has 4 heteroatoms. The van der Waals surface area contributed by atoms with Gasteiger partial charge in [0.15, 0.2) is 5.82 Å². The molecule has 1 fully saturated rings. The summed E-state index contributed by atoms with van der Waals surface area (Å²) >= 11 is 0. The maximum Gasteiger partial charge on any atom is 0.246 e. The van der Waals surface area contributed by atoms with Gasteiger partial charge < -0.3 is 9.84 Å². The standard InChI is InChI=1S/C14H25N3O/c1-13(2)8-6-10(7-9-13)11-16-12(18-17-11)14(3,4)15-5/h10,15H,6-9H2,1-5H3. The number of nitrogens with one attached hydrogen (secondary N) is 1. The predicted molar refractivity (Wildman–Crippen MR) is 71.4 cm³/mol. The van der Waals surface area contributed by atoms with Crippen LogP contribution in [0.1, 0.15) is 71.0 Å². The highest BCUT2D eigenvalue weighted by atomic mass is 16.5. The summed E-state index contributed by atoms with van der Waals surface area (Å²) in [5, 5.41) is 7.37. The van der Waals surface area contributed by atoms with Gasteiger partial charge in [-0.1, -0.05) is 19.0 Å². The quantitative estimate of drug-likeness (QED) is 0.896. The number of rotatable bonds is 3. The lowest BCUT2D eigenvalue weighted by atomic mass is 9.73. The maximum absolute atomic E-state index is 5.40. The van der Waals surface area contributed by atoms with Crippen LogP contribution in [0.2, 0.25) is 0 Å². The van der Waals surface area contributed by atoms with Crippen molar-refractivity contribution < 1.29 is 4.52 Å². The van der Waals surface area contributed by atoms with Crippen molar-refractivity contribution in [3.63, 3.8) is 0 Å². The molecule has 0 spiro atoms. The molecule has 1 heterocycles. The number of hydrogen-bond acceptors (Lipinski definition) is 4. The Morgan fingerprint density at radius 3 is 2.44 bits per heavy atom. The molecule has 1 aliphatic rings. The number of nitrogens with zero attached hydrogens (tertiary/aromatic N) is 2. The largest absolute Gasteiger partial charge is 0.337 e. The molecule has 0 aromatic carbocycles. The molecule has 0 bridgehead atoms. The lowest BCUT2D eigenvalue weighted by Gasteiger charge is -2.32. The van der Waals surface area contributed by atoms with E-state index in [1.165, 1.54) is 25.7 Å². The zero-order valence-corrected chi connectivity index (χ0v) is 12.2. The minimum atomic E-state index is -0.251. The first kappa shape index (κ1) is 13.5. The fraction of sp³-hybridized carbons (Fsp3) is 0.857. The van der Waals surface area contributed by atoms with Gasteiger partial charge in [0.05, 0.1) is 5.54 Å². The molecule has 1 N–H and O–H groups in total. The third-order valence-electron chi connectivity index (χ3n) is 4.31. The third kappa shape index (κ3) is 2.74. The van der Waals surface area contributed by atoms with E-state index in [0.717, 1.165) is 5.82 Å². The van der Waals surface area contributed by atoms with Crippen molar-refractivity contribution >= 4 is 0 Å². The van der Waals surface area contributed by atoms with E-state index in [9.17, 15) is 0 Å². The zero-order chi connectivity index (χ0) is 13.4. The molecule has 102 valence electrons. The van der Waals surface area contributed by atoms with E-state index in [-0.39, 0.29) is 5.54 Å². The average molecular weight is 251 g/mol. The van der Waals surface area contributed by atoms with Crippen molar-refractivity contribution in [1.82, 2.24) is 15.5 Å². The van der Waals surface area contributed by atoms with Crippen molar-refractivity contribution in [3.8, 4) is 0 Å². The summed E-state index contributed by atoms with van der Waals surface area (Å²) in [5.74, 6) is 2.05. The molecular weight excluding hydrogens is 226 g/mol. The second-order valence-corrected chi connectivity index (χ2v) is 6.77. The van der Waals surface area contributed by atoms with Crippen molar-refractivity contribution in [2.24, 2.45) is 5.41 Å². The third-order valence-corrected chi connectivity index (χ3v) is 4.31. The second-order valence-electron chi connectivity index (χ2n) is 6.77. The summed E-state index contributed by atoms with van der Waals surface area (Å²) in [5.41, 5.74) is 0.229. The molecule has 0 aliphatic heterocycles. The van der Waals surface area contributed by atoms with Gasteiger partial charge in [-0.15, -0.1) is 0 Å². The molecule has 18 heavy (non-hydrogen) atoms. The minimum absolute atomic E-state index is 0.251. The Kier molecular flexibility index (Phi) is 3.49. The molecular formula is C14H25N3O. The molecule has 1 aromatic rings. The monoisotopic (exact) mass is 251 g/mol. The van der Waals surface area contributed by atoms with Crippen molar-refractivity contribution in [2.45, 2.75) is 64.8 Å². The van der Waals surface area contributed by atoms with Gasteiger partial charge in [0, 0.05) is 5.92 Å². The van der Waals surface area contributed by atoms with Crippen LogP contribution in [0.4, 0.5) is 0 Å². The highest BCUT2D eigenvalue weighted by Gasteiger charge is 2.32. The Morgan fingerprint density at radius 1 is 1.28 bits per heavy atom. The van der Waals surface area contributed by atoms with Gasteiger partial charge >= 0.3 is 0 Å². The summed E-state index contributed by atoms with van der Waals surface area (Å²) in [7, 11) is 1.91. The molecule has 1 saturated carbocycles. The summed E-state index contributed by atoms with van der Waals surface area (Å²) in [4.78, 5) is 4.58. The summed E-state index contributed by atoms with van der Waals surface area (Å²) in [6.07, 6.45) is 4.84. The van der Waals surface area contributed by atoms with Crippen LogP contribution in [0.3, 0.4) is 0 Å². The Bertz CT molecular complexity index is 399. The van der Waals surface area contributed by atoms with E-state index in [0.29, 0.717) is 17.2 Å². The SMILES string of the molecule is CNC(C)(C)c1nc(C2CCC(C)(C)CC2)no1. The van der Waals surface area contributed by atoms with Crippen molar-refractivity contribution in [2.75, 3.05) is 7.05 Å². The lowest BCUT2D eigenvalue weighted by molar-refractivity contribution is 0.218.